The van der Waals surface area contributed by atoms with Crippen molar-refractivity contribution in [2.45, 2.75) is 13.8 Å². The van der Waals surface area contributed by atoms with Crippen molar-refractivity contribution in [3.8, 4) is 0 Å². The van der Waals surface area contributed by atoms with E-state index < -0.39 is 0 Å². The number of nitrogens with one attached hydrogen (secondary N) is 1. The van der Waals surface area contributed by atoms with E-state index in [0.29, 0.717) is 4.91 Å². The van der Waals surface area contributed by atoms with Crippen molar-refractivity contribution in [2.75, 3.05) is 12.0 Å². The average Bonchev–Trinajstić information content (AvgIpc) is 2.83. The molecular formula is C19H18N2O2S. The van der Waals surface area contributed by atoms with Crippen molar-refractivity contribution in [1.82, 2.24) is 4.90 Å². The molecule has 0 spiro atoms. The highest BCUT2D eigenvalue weighted by atomic mass is 32.2. The predicted octanol–water partition coefficient (Wildman–Crippen LogP) is 4.41. The second-order valence-corrected chi connectivity index (χ2v) is 6.67. The highest BCUT2D eigenvalue weighted by Gasteiger charge is 2.34. The molecule has 2 amide bonds. The van der Waals surface area contributed by atoms with Crippen LogP contribution in [0.5, 0.6) is 0 Å². The summed E-state index contributed by atoms with van der Waals surface area (Å²) in [5, 5.41) is 2.93. The molecule has 0 unspecified atom stereocenters. The molecule has 1 aliphatic heterocycles. The molecule has 3 rings (SSSR count). The molecule has 2 aromatic rings. The first kappa shape index (κ1) is 16.3. The van der Waals surface area contributed by atoms with E-state index in [-0.39, 0.29) is 17.8 Å². The summed E-state index contributed by atoms with van der Waals surface area (Å²) in [7, 11) is 0. The van der Waals surface area contributed by atoms with Crippen molar-refractivity contribution in [2.24, 2.45) is 0 Å². The number of amides is 2. The minimum Gasteiger partial charge on any atom is -0.367 e. The molecule has 0 atom stereocenters. The van der Waals surface area contributed by atoms with Gasteiger partial charge < -0.3 is 5.32 Å². The van der Waals surface area contributed by atoms with Crippen molar-refractivity contribution >= 4 is 34.7 Å². The van der Waals surface area contributed by atoms with Crippen LogP contribution < -0.4 is 5.32 Å². The topological polar surface area (TPSA) is 49.4 Å². The molecule has 1 N–H and O–H groups in total. The zero-order valence-corrected chi connectivity index (χ0v) is 14.4. The maximum atomic E-state index is 12.5. The molecule has 0 radical (unpaired) electrons. The van der Waals surface area contributed by atoms with Crippen LogP contribution >= 0.6 is 11.8 Å². The first-order valence-electron chi connectivity index (χ1n) is 7.66. The van der Waals surface area contributed by atoms with Gasteiger partial charge in [0.15, 0.2) is 0 Å². The number of rotatable bonds is 4. The zero-order chi connectivity index (χ0) is 17.1. The summed E-state index contributed by atoms with van der Waals surface area (Å²) in [6, 6.07) is 15.6. The number of benzene rings is 2. The van der Waals surface area contributed by atoms with E-state index >= 15 is 0 Å². The third kappa shape index (κ3) is 3.51. The summed E-state index contributed by atoms with van der Waals surface area (Å²) >= 11 is 0.978. The fourth-order valence-electron chi connectivity index (χ4n) is 2.43. The lowest BCUT2D eigenvalue weighted by molar-refractivity contribution is -0.122. The van der Waals surface area contributed by atoms with Crippen LogP contribution in [0.2, 0.25) is 0 Å². The number of carbonyl (C=O) groups is 2. The van der Waals surface area contributed by atoms with Gasteiger partial charge in [-0.25, -0.2) is 0 Å². The summed E-state index contributed by atoms with van der Waals surface area (Å²) in [6.07, 6.45) is 1.75. The van der Waals surface area contributed by atoms with E-state index in [1.165, 1.54) is 4.90 Å². The van der Waals surface area contributed by atoms with Crippen LogP contribution in [0.1, 0.15) is 16.7 Å². The van der Waals surface area contributed by atoms with Gasteiger partial charge in [0.2, 0.25) is 0 Å². The van der Waals surface area contributed by atoms with Crippen LogP contribution in [0, 0.1) is 13.8 Å². The Morgan fingerprint density at radius 2 is 1.83 bits per heavy atom. The van der Waals surface area contributed by atoms with E-state index in [1.807, 2.05) is 62.4 Å². The van der Waals surface area contributed by atoms with E-state index in [1.54, 1.807) is 6.08 Å². The van der Waals surface area contributed by atoms with Gasteiger partial charge in [0.1, 0.15) is 0 Å². The molecule has 4 nitrogen and oxygen atoms in total. The van der Waals surface area contributed by atoms with Crippen molar-refractivity contribution < 1.29 is 9.59 Å². The molecule has 1 saturated heterocycles. The van der Waals surface area contributed by atoms with Crippen molar-refractivity contribution in [3.05, 3.63) is 70.1 Å². The summed E-state index contributed by atoms with van der Waals surface area (Å²) < 4.78 is 0. The maximum Gasteiger partial charge on any atom is 0.295 e. The monoisotopic (exact) mass is 338 g/mol. The van der Waals surface area contributed by atoms with E-state index in [4.69, 9.17) is 0 Å². The van der Waals surface area contributed by atoms with Crippen LogP contribution in [-0.2, 0) is 4.79 Å². The number of anilines is 1. The quantitative estimate of drug-likeness (QED) is 0.839. The molecule has 0 saturated carbocycles. The molecule has 1 heterocycles. The highest BCUT2D eigenvalue weighted by Crippen LogP contribution is 2.32. The number of nitrogens with zero attached hydrogens (tertiary/aromatic N) is 1. The van der Waals surface area contributed by atoms with E-state index in [9.17, 15) is 9.59 Å². The number of imide groups is 1. The number of aryl methyl sites for hydroxylation is 2. The number of carbonyl (C=O) groups excluding carboxylic acids is 2. The molecule has 1 aliphatic rings. The standard InChI is InChI=1S/C19H18N2O2S/c1-13-8-9-14(2)16(10-13)20-12-21-18(22)17(24-19(21)23)11-15-6-4-3-5-7-15/h3-11,20H,12H2,1-2H3. The molecule has 0 bridgehead atoms. The number of thioether (sulfide) groups is 1. The smallest absolute Gasteiger partial charge is 0.295 e. The van der Waals surface area contributed by atoms with Crippen LogP contribution in [0.15, 0.2) is 53.4 Å². The van der Waals surface area contributed by atoms with Gasteiger partial charge in [0.25, 0.3) is 11.1 Å². The highest BCUT2D eigenvalue weighted by molar-refractivity contribution is 8.18. The fourth-order valence-corrected chi connectivity index (χ4v) is 3.27. The van der Waals surface area contributed by atoms with Gasteiger partial charge in [0.05, 0.1) is 11.6 Å². The Kier molecular flexibility index (Phi) is 4.71. The average molecular weight is 338 g/mol. The second-order valence-electron chi connectivity index (χ2n) is 5.67. The fraction of sp³-hybridized carbons (Fsp3) is 0.158. The minimum absolute atomic E-state index is 0.168. The number of hydrogen-bond acceptors (Lipinski definition) is 4. The Morgan fingerprint density at radius 3 is 2.58 bits per heavy atom. The minimum atomic E-state index is -0.258. The molecule has 0 aromatic heterocycles. The first-order chi connectivity index (χ1) is 11.5. The van der Waals surface area contributed by atoms with Gasteiger partial charge in [-0.15, -0.1) is 0 Å². The number of hydrogen-bond donors (Lipinski definition) is 1. The van der Waals surface area contributed by atoms with Gasteiger partial charge in [-0.1, -0.05) is 42.5 Å². The molecule has 1 fully saturated rings. The SMILES string of the molecule is Cc1ccc(C)c(NCN2C(=O)SC(=Cc3ccccc3)C2=O)c1. The summed E-state index contributed by atoms with van der Waals surface area (Å²) in [5.74, 6) is -0.258. The van der Waals surface area contributed by atoms with Gasteiger partial charge in [-0.3, -0.25) is 14.5 Å². The van der Waals surface area contributed by atoms with Gasteiger partial charge >= 0.3 is 0 Å². The van der Waals surface area contributed by atoms with Crippen LogP contribution in [0.4, 0.5) is 10.5 Å². The van der Waals surface area contributed by atoms with Crippen LogP contribution in [0.25, 0.3) is 6.08 Å². The first-order valence-corrected chi connectivity index (χ1v) is 8.48. The Labute approximate surface area is 145 Å². The second kappa shape index (κ2) is 6.93. The van der Waals surface area contributed by atoms with Gasteiger partial charge in [-0.2, -0.15) is 0 Å². The Balaban J connectivity index is 1.73. The lowest BCUT2D eigenvalue weighted by Crippen LogP contribution is -2.33. The molecule has 0 aliphatic carbocycles. The summed E-state index contributed by atoms with van der Waals surface area (Å²) in [6.45, 7) is 4.17. The Bertz CT molecular complexity index is 815. The van der Waals surface area contributed by atoms with E-state index in [2.05, 4.69) is 5.32 Å². The van der Waals surface area contributed by atoms with Gasteiger partial charge in [-0.05, 0) is 54.4 Å². The third-order valence-corrected chi connectivity index (χ3v) is 4.70. The van der Waals surface area contributed by atoms with Crippen molar-refractivity contribution in [3.63, 3.8) is 0 Å². The molecule has 2 aromatic carbocycles. The molecule has 5 heteroatoms. The van der Waals surface area contributed by atoms with Crippen LogP contribution in [-0.4, -0.2) is 22.7 Å². The Morgan fingerprint density at radius 1 is 1.08 bits per heavy atom. The largest absolute Gasteiger partial charge is 0.367 e. The zero-order valence-electron chi connectivity index (χ0n) is 13.6. The molecule has 122 valence electrons. The third-order valence-electron chi connectivity index (χ3n) is 3.79. The lowest BCUT2D eigenvalue weighted by atomic mass is 10.1. The summed E-state index contributed by atoms with van der Waals surface area (Å²) in [5.41, 5.74) is 4.04. The Hall–Kier alpha value is -2.53. The molecule has 24 heavy (non-hydrogen) atoms. The van der Waals surface area contributed by atoms with Crippen molar-refractivity contribution in [1.29, 1.82) is 0 Å². The maximum absolute atomic E-state index is 12.5. The normalized spacial score (nSPS) is 16.1. The van der Waals surface area contributed by atoms with E-state index in [0.717, 1.165) is 34.1 Å². The predicted molar refractivity (Wildman–Crippen MR) is 98.7 cm³/mol. The summed E-state index contributed by atoms with van der Waals surface area (Å²) in [4.78, 5) is 26.3. The lowest BCUT2D eigenvalue weighted by Gasteiger charge is -2.16. The van der Waals surface area contributed by atoms with Gasteiger partial charge in [0, 0.05) is 5.69 Å². The van der Waals surface area contributed by atoms with Crippen LogP contribution in [0.3, 0.4) is 0 Å². The molecular weight excluding hydrogens is 320 g/mol.